The van der Waals surface area contributed by atoms with Crippen LogP contribution in [-0.2, 0) is 6.54 Å². The molecule has 98 valence electrons. The Hall–Kier alpha value is -1.36. The summed E-state index contributed by atoms with van der Waals surface area (Å²) in [5.74, 6) is 0.863. The summed E-state index contributed by atoms with van der Waals surface area (Å²) in [4.78, 5) is 0. The van der Waals surface area contributed by atoms with Crippen LogP contribution in [0.5, 0.6) is 0 Å². The van der Waals surface area contributed by atoms with E-state index in [0.29, 0.717) is 6.54 Å². The third kappa shape index (κ3) is 2.41. The van der Waals surface area contributed by atoms with E-state index in [2.05, 4.69) is 5.32 Å². The second kappa shape index (κ2) is 5.10. The Bertz CT molecular complexity index is 529. The maximum absolute atomic E-state index is 9.25. The van der Waals surface area contributed by atoms with E-state index in [9.17, 15) is 10.2 Å². The summed E-state index contributed by atoms with van der Waals surface area (Å²) < 4.78 is 5.67. The number of aliphatic hydroxyl groups excluding tert-OH is 2. The molecule has 2 rings (SSSR count). The van der Waals surface area contributed by atoms with Gasteiger partial charge < -0.3 is 19.9 Å². The zero-order valence-corrected chi connectivity index (χ0v) is 10.7. The van der Waals surface area contributed by atoms with Gasteiger partial charge in [0.05, 0.1) is 18.8 Å². The molecule has 2 aromatic rings. The van der Waals surface area contributed by atoms with E-state index in [1.807, 2.05) is 31.2 Å². The van der Waals surface area contributed by atoms with Gasteiger partial charge in [0.2, 0.25) is 0 Å². The van der Waals surface area contributed by atoms with Gasteiger partial charge in [0.1, 0.15) is 11.3 Å². The van der Waals surface area contributed by atoms with Crippen molar-refractivity contribution in [2.24, 2.45) is 0 Å². The lowest BCUT2D eigenvalue weighted by atomic mass is 10.0. The van der Waals surface area contributed by atoms with E-state index in [1.54, 1.807) is 6.92 Å². The number of furan rings is 1. The second-order valence-electron chi connectivity index (χ2n) is 4.86. The summed E-state index contributed by atoms with van der Waals surface area (Å²) in [6.45, 7) is 4.04. The summed E-state index contributed by atoms with van der Waals surface area (Å²) in [7, 11) is 0. The highest BCUT2D eigenvalue weighted by Crippen LogP contribution is 2.25. The van der Waals surface area contributed by atoms with Gasteiger partial charge in [-0.3, -0.25) is 0 Å². The summed E-state index contributed by atoms with van der Waals surface area (Å²) in [6.07, 6.45) is 0. The maximum Gasteiger partial charge on any atom is 0.134 e. The van der Waals surface area contributed by atoms with Gasteiger partial charge in [-0.05, 0) is 19.9 Å². The van der Waals surface area contributed by atoms with Gasteiger partial charge in [-0.25, -0.2) is 0 Å². The van der Waals surface area contributed by atoms with Crippen LogP contribution < -0.4 is 5.32 Å². The third-order valence-corrected chi connectivity index (χ3v) is 3.29. The highest BCUT2D eigenvalue weighted by molar-refractivity contribution is 5.82. The number of aliphatic hydroxyl groups is 2. The summed E-state index contributed by atoms with van der Waals surface area (Å²) in [6, 6.07) is 7.85. The SMILES string of the molecule is Cc1oc2ccccc2c1CNC(C)(CO)CO. The predicted molar refractivity (Wildman–Crippen MR) is 70.4 cm³/mol. The molecule has 18 heavy (non-hydrogen) atoms. The molecule has 3 N–H and O–H groups in total. The summed E-state index contributed by atoms with van der Waals surface area (Å²) in [5, 5.41) is 22.7. The smallest absolute Gasteiger partial charge is 0.134 e. The molecule has 0 atom stereocenters. The molecule has 0 aliphatic rings. The van der Waals surface area contributed by atoms with Crippen LogP contribution in [0.4, 0.5) is 0 Å². The van der Waals surface area contributed by atoms with Crippen LogP contribution in [-0.4, -0.2) is 29.0 Å². The minimum atomic E-state index is -0.676. The molecule has 1 aromatic carbocycles. The lowest BCUT2D eigenvalue weighted by molar-refractivity contribution is 0.103. The number of para-hydroxylation sites is 1. The second-order valence-corrected chi connectivity index (χ2v) is 4.86. The van der Waals surface area contributed by atoms with Crippen LogP contribution in [0.3, 0.4) is 0 Å². The highest BCUT2D eigenvalue weighted by atomic mass is 16.3. The van der Waals surface area contributed by atoms with Crippen molar-refractivity contribution in [3.05, 3.63) is 35.6 Å². The quantitative estimate of drug-likeness (QED) is 0.752. The lowest BCUT2D eigenvalue weighted by Crippen LogP contribution is -2.48. The van der Waals surface area contributed by atoms with E-state index in [1.165, 1.54) is 0 Å². The molecule has 1 aromatic heterocycles. The molecule has 0 bridgehead atoms. The first kappa shape index (κ1) is 13.1. The molecule has 4 nitrogen and oxygen atoms in total. The van der Waals surface area contributed by atoms with Crippen LogP contribution >= 0.6 is 0 Å². The van der Waals surface area contributed by atoms with Crippen molar-refractivity contribution in [1.82, 2.24) is 5.32 Å². The molecule has 0 radical (unpaired) electrons. The zero-order chi connectivity index (χ0) is 13.2. The standard InChI is InChI=1S/C14H19NO3/c1-10-12(7-15-14(2,8-16)9-17)11-5-3-4-6-13(11)18-10/h3-6,15-17H,7-9H2,1-2H3. The number of rotatable bonds is 5. The van der Waals surface area contributed by atoms with E-state index in [0.717, 1.165) is 22.3 Å². The topological polar surface area (TPSA) is 65.6 Å². The van der Waals surface area contributed by atoms with Gasteiger partial charge >= 0.3 is 0 Å². The van der Waals surface area contributed by atoms with Crippen molar-refractivity contribution in [2.45, 2.75) is 25.9 Å². The molecule has 0 spiro atoms. The molecule has 0 amide bonds. The fourth-order valence-electron chi connectivity index (χ4n) is 1.90. The van der Waals surface area contributed by atoms with Crippen LogP contribution in [0, 0.1) is 6.92 Å². The fourth-order valence-corrected chi connectivity index (χ4v) is 1.90. The van der Waals surface area contributed by atoms with Crippen molar-refractivity contribution in [2.75, 3.05) is 13.2 Å². The Kier molecular flexibility index (Phi) is 3.71. The lowest BCUT2D eigenvalue weighted by Gasteiger charge is -2.26. The molecule has 0 aliphatic carbocycles. The number of hydrogen-bond acceptors (Lipinski definition) is 4. The zero-order valence-electron chi connectivity index (χ0n) is 10.7. The Labute approximate surface area is 106 Å². The summed E-state index contributed by atoms with van der Waals surface area (Å²) >= 11 is 0. The molecular weight excluding hydrogens is 230 g/mol. The van der Waals surface area contributed by atoms with E-state index < -0.39 is 5.54 Å². The van der Waals surface area contributed by atoms with Crippen molar-refractivity contribution in [3.63, 3.8) is 0 Å². The van der Waals surface area contributed by atoms with Crippen molar-refractivity contribution < 1.29 is 14.6 Å². The summed E-state index contributed by atoms with van der Waals surface area (Å²) in [5.41, 5.74) is 1.25. The monoisotopic (exact) mass is 249 g/mol. The highest BCUT2D eigenvalue weighted by Gasteiger charge is 2.22. The van der Waals surface area contributed by atoms with Gasteiger partial charge in [-0.1, -0.05) is 18.2 Å². The van der Waals surface area contributed by atoms with Gasteiger partial charge in [0, 0.05) is 17.5 Å². The van der Waals surface area contributed by atoms with Crippen molar-refractivity contribution >= 4 is 11.0 Å². The largest absolute Gasteiger partial charge is 0.461 e. The Balaban J connectivity index is 2.24. The Morgan fingerprint density at radius 2 is 1.89 bits per heavy atom. The maximum atomic E-state index is 9.25. The van der Waals surface area contributed by atoms with Crippen LogP contribution in [0.25, 0.3) is 11.0 Å². The molecular formula is C14H19NO3. The number of nitrogens with one attached hydrogen (secondary N) is 1. The van der Waals surface area contributed by atoms with Gasteiger partial charge in [-0.2, -0.15) is 0 Å². The molecule has 0 saturated carbocycles. The van der Waals surface area contributed by atoms with Crippen LogP contribution in [0.2, 0.25) is 0 Å². The first-order valence-electron chi connectivity index (χ1n) is 6.03. The van der Waals surface area contributed by atoms with Crippen molar-refractivity contribution in [1.29, 1.82) is 0 Å². The van der Waals surface area contributed by atoms with E-state index in [4.69, 9.17) is 4.42 Å². The molecule has 4 heteroatoms. The van der Waals surface area contributed by atoms with Gasteiger partial charge in [0.15, 0.2) is 0 Å². The Morgan fingerprint density at radius 1 is 1.22 bits per heavy atom. The van der Waals surface area contributed by atoms with Crippen molar-refractivity contribution in [3.8, 4) is 0 Å². The number of benzene rings is 1. The fraction of sp³-hybridized carbons (Fsp3) is 0.429. The minimum absolute atomic E-state index is 0.113. The number of hydrogen-bond donors (Lipinski definition) is 3. The van der Waals surface area contributed by atoms with E-state index >= 15 is 0 Å². The van der Waals surface area contributed by atoms with Gasteiger partial charge in [-0.15, -0.1) is 0 Å². The average Bonchev–Trinajstić information content (AvgIpc) is 2.72. The minimum Gasteiger partial charge on any atom is -0.461 e. The predicted octanol–water partition coefficient (Wildman–Crippen LogP) is 1.57. The number of aryl methyl sites for hydroxylation is 1. The molecule has 0 saturated heterocycles. The molecule has 1 heterocycles. The van der Waals surface area contributed by atoms with Gasteiger partial charge in [0.25, 0.3) is 0 Å². The Morgan fingerprint density at radius 3 is 2.56 bits per heavy atom. The van der Waals surface area contributed by atoms with E-state index in [-0.39, 0.29) is 13.2 Å². The van der Waals surface area contributed by atoms with Crippen LogP contribution in [0.15, 0.2) is 28.7 Å². The average molecular weight is 249 g/mol. The number of fused-ring (bicyclic) bond motifs is 1. The first-order chi connectivity index (χ1) is 8.59. The normalized spacial score (nSPS) is 12.2. The molecule has 0 fully saturated rings. The first-order valence-corrected chi connectivity index (χ1v) is 6.03. The molecule has 0 aliphatic heterocycles. The third-order valence-electron chi connectivity index (χ3n) is 3.29. The molecule has 0 unspecified atom stereocenters. The van der Waals surface area contributed by atoms with Crippen LogP contribution in [0.1, 0.15) is 18.2 Å².